The Morgan fingerprint density at radius 3 is 2.82 bits per heavy atom. The van der Waals surface area contributed by atoms with Gasteiger partial charge in [-0.3, -0.25) is 4.79 Å². The molecule has 0 aromatic carbocycles. The predicted molar refractivity (Wildman–Crippen MR) is 68.1 cm³/mol. The summed E-state index contributed by atoms with van der Waals surface area (Å²) < 4.78 is 0. The minimum absolute atomic E-state index is 0.0220. The number of aromatic nitrogens is 1. The average Bonchev–Trinajstić information content (AvgIpc) is 2.30. The molecule has 0 atom stereocenters. The molecular formula is C12H16ClN3O. The summed E-state index contributed by atoms with van der Waals surface area (Å²) in [6.45, 7) is 3.76. The molecule has 0 spiro atoms. The number of piperidine rings is 1. The van der Waals surface area contributed by atoms with E-state index in [-0.39, 0.29) is 11.3 Å². The fourth-order valence-corrected chi connectivity index (χ4v) is 2.11. The van der Waals surface area contributed by atoms with Crippen LogP contribution in [0.5, 0.6) is 0 Å². The van der Waals surface area contributed by atoms with Crippen LogP contribution in [-0.4, -0.2) is 24.0 Å². The van der Waals surface area contributed by atoms with Crippen molar-refractivity contribution in [2.45, 2.75) is 19.8 Å². The highest BCUT2D eigenvalue weighted by molar-refractivity contribution is 6.29. The van der Waals surface area contributed by atoms with E-state index >= 15 is 0 Å². The highest BCUT2D eigenvalue weighted by atomic mass is 35.5. The molecule has 2 heterocycles. The van der Waals surface area contributed by atoms with E-state index in [0.29, 0.717) is 11.0 Å². The predicted octanol–water partition coefficient (Wildman–Crippen LogP) is 2.06. The number of hydrogen-bond donors (Lipinski definition) is 2. The number of carbonyl (C=O) groups is 1. The van der Waals surface area contributed by atoms with Crippen molar-refractivity contribution in [1.82, 2.24) is 10.3 Å². The quantitative estimate of drug-likeness (QED) is 0.794. The van der Waals surface area contributed by atoms with Crippen molar-refractivity contribution >= 4 is 23.3 Å². The highest BCUT2D eigenvalue weighted by Crippen LogP contribution is 2.29. The zero-order valence-corrected chi connectivity index (χ0v) is 10.5. The number of hydrogen-bond acceptors (Lipinski definition) is 3. The second kappa shape index (κ2) is 5.02. The lowest BCUT2D eigenvalue weighted by Gasteiger charge is -2.32. The monoisotopic (exact) mass is 253 g/mol. The van der Waals surface area contributed by atoms with Gasteiger partial charge in [-0.25, -0.2) is 4.98 Å². The molecule has 0 saturated carbocycles. The Balaban J connectivity index is 2.05. The third-order valence-corrected chi connectivity index (χ3v) is 3.42. The third-order valence-electron chi connectivity index (χ3n) is 3.21. The molecule has 5 heteroatoms. The van der Waals surface area contributed by atoms with Crippen molar-refractivity contribution < 1.29 is 4.79 Å². The molecule has 92 valence electrons. The van der Waals surface area contributed by atoms with Gasteiger partial charge in [0.1, 0.15) is 11.0 Å². The van der Waals surface area contributed by atoms with Gasteiger partial charge in [-0.15, -0.1) is 0 Å². The molecule has 0 bridgehead atoms. The second-order valence-electron chi connectivity index (χ2n) is 4.61. The van der Waals surface area contributed by atoms with Crippen LogP contribution in [0, 0.1) is 5.41 Å². The Labute approximate surface area is 106 Å². The average molecular weight is 254 g/mol. The summed E-state index contributed by atoms with van der Waals surface area (Å²) in [5.41, 5.74) is -0.310. The number of nitrogens with one attached hydrogen (secondary N) is 2. The van der Waals surface area contributed by atoms with Crippen molar-refractivity contribution in [1.29, 1.82) is 0 Å². The Bertz CT molecular complexity index is 416. The third kappa shape index (κ3) is 2.96. The maximum Gasteiger partial charge on any atom is 0.231 e. The van der Waals surface area contributed by atoms with E-state index in [4.69, 9.17) is 11.6 Å². The Morgan fingerprint density at radius 1 is 1.47 bits per heavy atom. The first-order valence-corrected chi connectivity index (χ1v) is 6.13. The van der Waals surface area contributed by atoms with Gasteiger partial charge in [0.2, 0.25) is 5.91 Å². The summed E-state index contributed by atoms with van der Waals surface area (Å²) in [7, 11) is 0. The van der Waals surface area contributed by atoms with E-state index in [1.807, 2.05) is 6.92 Å². The lowest BCUT2D eigenvalue weighted by atomic mass is 9.80. The van der Waals surface area contributed by atoms with Crippen molar-refractivity contribution in [3.8, 4) is 0 Å². The lowest BCUT2D eigenvalue weighted by molar-refractivity contribution is -0.126. The van der Waals surface area contributed by atoms with Gasteiger partial charge in [-0.2, -0.15) is 0 Å². The molecule has 4 nitrogen and oxygen atoms in total. The van der Waals surface area contributed by atoms with Crippen LogP contribution in [0.1, 0.15) is 19.8 Å². The Hall–Kier alpha value is -1.13. The van der Waals surface area contributed by atoms with E-state index in [9.17, 15) is 4.79 Å². The number of anilines is 1. The number of halogens is 1. The molecule has 1 saturated heterocycles. The van der Waals surface area contributed by atoms with Crippen LogP contribution < -0.4 is 10.6 Å². The van der Waals surface area contributed by atoms with E-state index in [0.717, 1.165) is 25.9 Å². The fraction of sp³-hybridized carbons (Fsp3) is 0.500. The van der Waals surface area contributed by atoms with Gasteiger partial charge in [0, 0.05) is 5.41 Å². The number of amides is 1. The van der Waals surface area contributed by atoms with E-state index in [2.05, 4.69) is 15.6 Å². The second-order valence-corrected chi connectivity index (χ2v) is 5.00. The molecule has 2 N–H and O–H groups in total. The molecule has 1 amide bonds. The molecule has 2 rings (SSSR count). The van der Waals surface area contributed by atoms with Crippen molar-refractivity contribution in [2.75, 3.05) is 18.4 Å². The number of carbonyl (C=O) groups excluding carboxylic acids is 1. The molecule has 17 heavy (non-hydrogen) atoms. The lowest BCUT2D eigenvalue weighted by Crippen LogP contribution is -2.42. The normalized spacial score (nSPS) is 18.7. The molecule has 1 aliphatic rings. The molecule has 1 aromatic rings. The SMILES string of the molecule is CC1(C(=O)Nc2cccc(Cl)n2)CCNCC1. The highest BCUT2D eigenvalue weighted by Gasteiger charge is 2.34. The molecule has 0 aliphatic carbocycles. The van der Waals surface area contributed by atoms with Crippen LogP contribution in [0.3, 0.4) is 0 Å². The van der Waals surface area contributed by atoms with Crippen LogP contribution in [-0.2, 0) is 4.79 Å². The van der Waals surface area contributed by atoms with Crippen LogP contribution in [0.15, 0.2) is 18.2 Å². The first-order chi connectivity index (χ1) is 8.10. The first kappa shape index (κ1) is 12.3. The van der Waals surface area contributed by atoms with E-state index in [1.165, 1.54) is 0 Å². The molecule has 1 aliphatic heterocycles. The van der Waals surface area contributed by atoms with Gasteiger partial charge in [0.25, 0.3) is 0 Å². The standard InChI is InChI=1S/C12H16ClN3O/c1-12(5-7-14-8-6-12)11(17)16-10-4-2-3-9(13)15-10/h2-4,14H,5-8H2,1H3,(H,15,16,17). The topological polar surface area (TPSA) is 54.0 Å². The van der Waals surface area contributed by atoms with E-state index < -0.39 is 0 Å². The smallest absolute Gasteiger partial charge is 0.231 e. The van der Waals surface area contributed by atoms with Gasteiger partial charge < -0.3 is 10.6 Å². The fourth-order valence-electron chi connectivity index (χ4n) is 1.95. The summed E-state index contributed by atoms with van der Waals surface area (Å²) in [5, 5.41) is 6.47. The summed E-state index contributed by atoms with van der Waals surface area (Å²) in [4.78, 5) is 16.2. The Morgan fingerprint density at radius 2 is 2.18 bits per heavy atom. The van der Waals surface area contributed by atoms with Crippen LogP contribution in [0.4, 0.5) is 5.82 Å². The number of nitrogens with zero attached hydrogens (tertiary/aromatic N) is 1. The molecular weight excluding hydrogens is 238 g/mol. The largest absolute Gasteiger partial charge is 0.317 e. The zero-order valence-electron chi connectivity index (χ0n) is 9.79. The van der Waals surface area contributed by atoms with Crippen molar-refractivity contribution in [2.24, 2.45) is 5.41 Å². The number of pyridine rings is 1. The van der Waals surface area contributed by atoms with Crippen molar-refractivity contribution in [3.05, 3.63) is 23.4 Å². The van der Waals surface area contributed by atoms with Gasteiger partial charge in [0.05, 0.1) is 0 Å². The summed E-state index contributed by atoms with van der Waals surface area (Å²) in [6.07, 6.45) is 1.69. The van der Waals surface area contributed by atoms with E-state index in [1.54, 1.807) is 18.2 Å². The minimum Gasteiger partial charge on any atom is -0.317 e. The first-order valence-electron chi connectivity index (χ1n) is 5.75. The van der Waals surface area contributed by atoms with Gasteiger partial charge in [-0.1, -0.05) is 24.6 Å². The summed E-state index contributed by atoms with van der Waals surface area (Å²) in [6, 6.07) is 5.20. The molecule has 1 fully saturated rings. The van der Waals surface area contributed by atoms with Gasteiger partial charge >= 0.3 is 0 Å². The van der Waals surface area contributed by atoms with Crippen LogP contribution in [0.25, 0.3) is 0 Å². The maximum absolute atomic E-state index is 12.2. The molecule has 0 radical (unpaired) electrons. The summed E-state index contributed by atoms with van der Waals surface area (Å²) >= 11 is 5.78. The van der Waals surface area contributed by atoms with Crippen molar-refractivity contribution in [3.63, 3.8) is 0 Å². The number of rotatable bonds is 2. The molecule has 0 unspecified atom stereocenters. The summed E-state index contributed by atoms with van der Waals surface area (Å²) in [5.74, 6) is 0.538. The van der Waals surface area contributed by atoms with Gasteiger partial charge in [-0.05, 0) is 38.1 Å². The zero-order chi connectivity index (χ0) is 12.3. The Kier molecular flexibility index (Phi) is 3.64. The van der Waals surface area contributed by atoms with Crippen LogP contribution in [0.2, 0.25) is 5.15 Å². The van der Waals surface area contributed by atoms with Gasteiger partial charge in [0.15, 0.2) is 0 Å². The van der Waals surface area contributed by atoms with Crippen LogP contribution >= 0.6 is 11.6 Å². The maximum atomic E-state index is 12.2. The molecule has 1 aromatic heterocycles. The minimum atomic E-state index is -0.310.